The molecule has 0 aromatic carbocycles. The minimum absolute atomic E-state index is 1.50. The molecular weight excluding hydrogens is 274 g/mol. The summed E-state index contributed by atoms with van der Waals surface area (Å²) in [5.41, 5.74) is 0. The Balaban J connectivity index is 4.70. The van der Waals surface area contributed by atoms with Gasteiger partial charge in [0.2, 0.25) is 8.32 Å². The van der Waals surface area contributed by atoms with Gasteiger partial charge in [-0.05, 0) is 19.6 Å². The van der Waals surface area contributed by atoms with Crippen LogP contribution in [-0.2, 0) is 14.0 Å². The van der Waals surface area contributed by atoms with Crippen LogP contribution < -0.4 is 0 Å². The SMILES string of the molecule is C[Si](C)(C)OS(=O)(=O)C(F)(F)Br. The fourth-order valence-corrected chi connectivity index (χ4v) is 3.98. The summed E-state index contributed by atoms with van der Waals surface area (Å²) in [7, 11) is -7.31. The van der Waals surface area contributed by atoms with Gasteiger partial charge >= 0.3 is 14.3 Å². The molecule has 0 amide bonds. The van der Waals surface area contributed by atoms with E-state index in [0.717, 1.165) is 0 Å². The zero-order valence-electron chi connectivity index (χ0n) is 6.77. The molecule has 0 N–H and O–H groups in total. The molecule has 0 aromatic heterocycles. The van der Waals surface area contributed by atoms with Crippen LogP contribution in [0.3, 0.4) is 0 Å². The summed E-state index contributed by atoms with van der Waals surface area (Å²) in [6.07, 6.45) is 0. The Morgan fingerprint density at radius 2 is 1.67 bits per heavy atom. The van der Waals surface area contributed by atoms with Gasteiger partial charge in [0.05, 0.1) is 0 Å². The van der Waals surface area contributed by atoms with Gasteiger partial charge < -0.3 is 3.87 Å². The minimum Gasteiger partial charge on any atom is -0.310 e. The quantitative estimate of drug-likeness (QED) is 0.588. The Kier molecular flexibility index (Phi) is 3.44. The molecule has 0 rings (SSSR count). The second-order valence-corrected chi connectivity index (χ2v) is 10.9. The molecule has 3 nitrogen and oxygen atoms in total. The van der Waals surface area contributed by atoms with Crippen LogP contribution in [0.4, 0.5) is 8.78 Å². The lowest BCUT2D eigenvalue weighted by Crippen LogP contribution is -2.35. The normalized spacial score (nSPS) is 14.8. The molecule has 74 valence electrons. The summed E-state index contributed by atoms with van der Waals surface area (Å²) in [5.74, 6) is 0. The van der Waals surface area contributed by atoms with E-state index in [4.69, 9.17) is 0 Å². The molecule has 0 fully saturated rings. The summed E-state index contributed by atoms with van der Waals surface area (Å²) in [6.45, 7) is 4.51. The van der Waals surface area contributed by atoms with Gasteiger partial charge in [0.15, 0.2) is 0 Å². The first-order valence-electron chi connectivity index (χ1n) is 2.98. The zero-order chi connectivity index (χ0) is 10.2. The fraction of sp³-hybridized carbons (Fsp3) is 1.00. The Hall–Kier alpha value is 0.467. The van der Waals surface area contributed by atoms with Crippen molar-refractivity contribution in [3.05, 3.63) is 0 Å². The van der Waals surface area contributed by atoms with E-state index in [0.29, 0.717) is 0 Å². The van der Waals surface area contributed by atoms with Crippen LogP contribution in [0.5, 0.6) is 0 Å². The van der Waals surface area contributed by atoms with Crippen molar-refractivity contribution in [2.24, 2.45) is 0 Å². The van der Waals surface area contributed by atoms with Gasteiger partial charge in [-0.3, -0.25) is 0 Å². The summed E-state index contributed by atoms with van der Waals surface area (Å²) < 4.78 is 46.2. The highest BCUT2D eigenvalue weighted by atomic mass is 79.9. The third-order valence-electron chi connectivity index (χ3n) is 0.643. The summed E-state index contributed by atoms with van der Waals surface area (Å²) in [4.78, 5) is 0. The van der Waals surface area contributed by atoms with Gasteiger partial charge in [-0.1, -0.05) is 0 Å². The molecule has 0 unspecified atom stereocenters. The van der Waals surface area contributed by atoms with Crippen molar-refractivity contribution in [1.82, 2.24) is 0 Å². The molecule has 0 spiro atoms. The zero-order valence-corrected chi connectivity index (χ0v) is 10.2. The van der Waals surface area contributed by atoms with E-state index in [1.165, 1.54) is 19.6 Å². The van der Waals surface area contributed by atoms with Crippen LogP contribution in [0.1, 0.15) is 0 Å². The first-order chi connectivity index (χ1) is 4.96. The number of rotatable bonds is 3. The van der Waals surface area contributed by atoms with E-state index in [2.05, 4.69) is 3.87 Å². The summed E-state index contributed by atoms with van der Waals surface area (Å²) >= 11 is 1.73. The Bertz CT molecular complexity index is 252. The maximum atomic E-state index is 12.3. The first-order valence-corrected chi connectivity index (χ1v) is 8.58. The Morgan fingerprint density at radius 3 is 1.75 bits per heavy atom. The molecule has 8 heteroatoms. The molecule has 0 aliphatic rings. The van der Waals surface area contributed by atoms with E-state index in [-0.39, 0.29) is 0 Å². The molecule has 0 aromatic rings. The van der Waals surface area contributed by atoms with Gasteiger partial charge in [-0.25, -0.2) is 0 Å². The van der Waals surface area contributed by atoms with Crippen LogP contribution in [0.2, 0.25) is 19.6 Å². The average molecular weight is 283 g/mol. The summed E-state index contributed by atoms with van der Waals surface area (Å²) in [5, 5.41) is 0. The Morgan fingerprint density at radius 1 is 1.33 bits per heavy atom. The van der Waals surface area contributed by atoms with Gasteiger partial charge in [-0.15, -0.1) is 0 Å². The summed E-state index contributed by atoms with van der Waals surface area (Å²) in [6, 6.07) is 0. The molecule has 0 aliphatic carbocycles. The van der Waals surface area contributed by atoms with Crippen molar-refractivity contribution in [2.75, 3.05) is 0 Å². The van der Waals surface area contributed by atoms with Crippen LogP contribution in [0, 0.1) is 0 Å². The van der Waals surface area contributed by atoms with E-state index in [1.54, 1.807) is 15.9 Å². The first kappa shape index (κ1) is 12.5. The van der Waals surface area contributed by atoms with Gasteiger partial charge in [0, 0.05) is 15.9 Å². The predicted octanol–water partition coefficient (Wildman–Crippen LogP) is 2.11. The van der Waals surface area contributed by atoms with E-state index >= 15 is 0 Å². The molecule has 0 radical (unpaired) electrons. The standard InChI is InChI=1S/C4H9BrF2O3SSi/c1-12(2,3)10-11(8,9)4(5,6)7/h1-3H3. The molecule has 0 heterocycles. The predicted molar refractivity (Wildman–Crippen MR) is 47.2 cm³/mol. The third kappa shape index (κ3) is 3.92. The van der Waals surface area contributed by atoms with Gasteiger partial charge in [0.25, 0.3) is 0 Å². The van der Waals surface area contributed by atoms with Crippen molar-refractivity contribution >= 4 is 34.4 Å². The van der Waals surface area contributed by atoms with E-state index in [9.17, 15) is 17.2 Å². The van der Waals surface area contributed by atoms with Crippen molar-refractivity contribution in [2.45, 2.75) is 23.8 Å². The number of alkyl halides is 3. The fourth-order valence-electron chi connectivity index (χ4n) is 0.376. The van der Waals surface area contributed by atoms with Crippen molar-refractivity contribution < 1.29 is 21.1 Å². The number of hydrogen-bond donors (Lipinski definition) is 0. The molecule has 0 bridgehead atoms. The van der Waals surface area contributed by atoms with Crippen molar-refractivity contribution in [3.63, 3.8) is 0 Å². The highest BCUT2D eigenvalue weighted by molar-refractivity contribution is 9.11. The lowest BCUT2D eigenvalue weighted by molar-refractivity contribution is 0.190. The van der Waals surface area contributed by atoms with Crippen LogP contribution in [0.15, 0.2) is 0 Å². The molecule has 0 saturated heterocycles. The Labute approximate surface area is 79.5 Å². The van der Waals surface area contributed by atoms with Gasteiger partial charge in [-0.2, -0.15) is 17.2 Å². The van der Waals surface area contributed by atoms with Crippen molar-refractivity contribution in [1.29, 1.82) is 0 Å². The minimum atomic E-state index is -4.81. The van der Waals surface area contributed by atoms with Crippen LogP contribution in [-0.4, -0.2) is 20.9 Å². The molecule has 0 saturated carbocycles. The smallest absolute Gasteiger partial charge is 0.310 e. The molecule has 12 heavy (non-hydrogen) atoms. The third-order valence-corrected chi connectivity index (χ3v) is 5.28. The average Bonchev–Trinajstić information content (AvgIpc) is 1.52. The van der Waals surface area contributed by atoms with E-state index in [1.807, 2.05) is 0 Å². The number of halogens is 3. The maximum Gasteiger partial charge on any atom is 0.423 e. The van der Waals surface area contributed by atoms with Crippen LogP contribution in [0.25, 0.3) is 0 Å². The largest absolute Gasteiger partial charge is 0.423 e. The lowest BCUT2D eigenvalue weighted by Gasteiger charge is -2.18. The maximum absolute atomic E-state index is 12.3. The molecule has 0 atom stereocenters. The molecule has 0 aliphatic heterocycles. The monoisotopic (exact) mass is 282 g/mol. The topological polar surface area (TPSA) is 43.4 Å². The second kappa shape index (κ2) is 3.32. The number of hydrogen-bond acceptors (Lipinski definition) is 3. The highest BCUT2D eigenvalue weighted by Gasteiger charge is 2.45. The lowest BCUT2D eigenvalue weighted by atomic mass is 11.7. The molecular formula is C4H9BrF2O3SSi. The second-order valence-electron chi connectivity index (χ2n) is 3.10. The van der Waals surface area contributed by atoms with E-state index < -0.39 is 22.6 Å². The van der Waals surface area contributed by atoms with Crippen molar-refractivity contribution in [3.8, 4) is 0 Å². The highest BCUT2D eigenvalue weighted by Crippen LogP contribution is 2.31. The van der Waals surface area contributed by atoms with Gasteiger partial charge in [0.1, 0.15) is 0 Å². The van der Waals surface area contributed by atoms with Crippen LogP contribution >= 0.6 is 15.9 Å².